The molecular weight excluding hydrogens is 532 g/mol. The van der Waals surface area contributed by atoms with Gasteiger partial charge in [0.05, 0.1) is 17.4 Å². The number of rotatable bonds is 7. The molecule has 0 aromatic heterocycles. The van der Waals surface area contributed by atoms with Crippen molar-refractivity contribution in [3.8, 4) is 5.75 Å². The predicted octanol–water partition coefficient (Wildman–Crippen LogP) is 5.28. The number of aryl methyl sites for hydroxylation is 1. The van der Waals surface area contributed by atoms with Crippen LogP contribution in [0, 0.1) is 18.8 Å². The van der Waals surface area contributed by atoms with Crippen LogP contribution in [0.2, 0.25) is 5.02 Å². The van der Waals surface area contributed by atoms with Crippen LogP contribution < -0.4 is 4.74 Å². The predicted molar refractivity (Wildman–Crippen MR) is 147 cm³/mol. The van der Waals surface area contributed by atoms with E-state index in [0.717, 1.165) is 28.4 Å². The molecule has 3 amide bonds. The molecule has 2 fully saturated rings. The van der Waals surface area contributed by atoms with Gasteiger partial charge in [0.15, 0.2) is 5.78 Å². The molecule has 0 radical (unpaired) electrons. The van der Waals surface area contributed by atoms with Gasteiger partial charge in [-0.25, -0.2) is 9.80 Å². The van der Waals surface area contributed by atoms with Crippen LogP contribution in [0.15, 0.2) is 72.8 Å². The molecule has 1 aliphatic heterocycles. The van der Waals surface area contributed by atoms with E-state index in [1.54, 1.807) is 24.3 Å². The zero-order valence-corrected chi connectivity index (χ0v) is 22.6. The molecule has 0 unspecified atom stereocenters. The second-order valence-electron chi connectivity index (χ2n) is 10.1. The summed E-state index contributed by atoms with van der Waals surface area (Å²) in [7, 11) is 0. The SMILES string of the molecule is Cc1ccc(C(=O)Oc2ccc(C(=O)CN(C(=O)c3ccc(Cl)cc3)N3C(=O)[C@H]4CCCC[C@@H]4C3=O)cc2)cc1. The highest BCUT2D eigenvalue weighted by Crippen LogP contribution is 2.39. The van der Waals surface area contributed by atoms with Gasteiger partial charge in [0, 0.05) is 16.1 Å². The number of amides is 3. The summed E-state index contributed by atoms with van der Waals surface area (Å²) >= 11 is 5.97. The molecule has 1 heterocycles. The fourth-order valence-electron chi connectivity index (χ4n) is 5.15. The largest absolute Gasteiger partial charge is 0.423 e. The quantitative estimate of drug-likeness (QED) is 0.169. The molecule has 1 aliphatic carbocycles. The Labute approximate surface area is 236 Å². The van der Waals surface area contributed by atoms with Crippen molar-refractivity contribution in [2.24, 2.45) is 11.8 Å². The van der Waals surface area contributed by atoms with E-state index in [1.807, 2.05) is 6.92 Å². The highest BCUT2D eigenvalue weighted by atomic mass is 35.5. The summed E-state index contributed by atoms with van der Waals surface area (Å²) in [5.41, 5.74) is 1.81. The van der Waals surface area contributed by atoms with Crippen LogP contribution in [0.25, 0.3) is 0 Å². The third kappa shape index (κ3) is 5.53. The summed E-state index contributed by atoms with van der Waals surface area (Å²) in [4.78, 5) is 66.0. The van der Waals surface area contributed by atoms with Crippen LogP contribution in [0.3, 0.4) is 0 Å². The second-order valence-corrected chi connectivity index (χ2v) is 10.5. The van der Waals surface area contributed by atoms with Crippen molar-refractivity contribution >= 4 is 41.1 Å². The first kappa shape index (κ1) is 27.3. The number of Topliss-reactive ketones (excluding diaryl/α,β-unsaturated/α-hetero) is 1. The van der Waals surface area contributed by atoms with Gasteiger partial charge in [-0.05, 0) is 80.4 Å². The maximum Gasteiger partial charge on any atom is 0.343 e. The molecule has 3 aromatic rings. The number of ketones is 1. The van der Waals surface area contributed by atoms with Gasteiger partial charge in [-0.15, -0.1) is 0 Å². The first-order valence-electron chi connectivity index (χ1n) is 13.1. The molecule has 5 rings (SSSR count). The monoisotopic (exact) mass is 558 g/mol. The van der Waals surface area contributed by atoms with Gasteiger partial charge in [0.2, 0.25) is 0 Å². The Bertz CT molecular complexity index is 1440. The van der Waals surface area contributed by atoms with Crippen molar-refractivity contribution in [1.29, 1.82) is 0 Å². The molecule has 0 spiro atoms. The number of ether oxygens (including phenoxy) is 1. The Hall–Kier alpha value is -4.30. The van der Waals surface area contributed by atoms with Crippen LogP contribution in [-0.2, 0) is 9.59 Å². The lowest BCUT2D eigenvalue weighted by Crippen LogP contribution is -2.52. The molecule has 3 aromatic carbocycles. The average molecular weight is 559 g/mol. The van der Waals surface area contributed by atoms with Crippen LogP contribution in [0.1, 0.15) is 62.3 Å². The lowest BCUT2D eigenvalue weighted by molar-refractivity contribution is -0.154. The van der Waals surface area contributed by atoms with Crippen LogP contribution in [0.4, 0.5) is 0 Å². The minimum atomic E-state index is -0.658. The number of nitrogens with zero attached hydrogens (tertiary/aromatic N) is 2. The van der Waals surface area contributed by atoms with Gasteiger partial charge in [0.1, 0.15) is 12.3 Å². The van der Waals surface area contributed by atoms with Gasteiger partial charge in [-0.2, -0.15) is 5.01 Å². The normalized spacial score (nSPS) is 18.3. The highest BCUT2D eigenvalue weighted by Gasteiger charge is 2.51. The molecular formula is C31H27ClN2O6. The van der Waals surface area contributed by atoms with Crippen molar-refractivity contribution in [3.63, 3.8) is 0 Å². The number of benzene rings is 3. The summed E-state index contributed by atoms with van der Waals surface area (Å²) in [5.74, 6) is -3.33. The Morgan fingerprint density at radius 3 is 1.90 bits per heavy atom. The van der Waals surface area contributed by atoms with Crippen molar-refractivity contribution in [1.82, 2.24) is 10.0 Å². The number of esters is 1. The zero-order chi connectivity index (χ0) is 28.4. The standard InChI is InChI=1S/C31H27ClN2O6/c1-19-6-8-22(9-7-19)31(39)40-24-16-12-20(13-17-24)27(35)18-33(28(36)21-10-14-23(32)15-11-21)34-29(37)25-4-2-3-5-26(25)30(34)38/h6-17,25-26H,2-5,18H2,1H3/t25-,26-/m0/s1. The van der Waals surface area contributed by atoms with E-state index in [9.17, 15) is 24.0 Å². The smallest absolute Gasteiger partial charge is 0.343 e. The summed E-state index contributed by atoms with van der Waals surface area (Å²) in [6.45, 7) is 1.39. The van der Waals surface area contributed by atoms with E-state index in [2.05, 4.69) is 0 Å². The minimum Gasteiger partial charge on any atom is -0.423 e. The number of hydrogen-bond acceptors (Lipinski definition) is 6. The molecule has 1 saturated heterocycles. The number of imide groups is 1. The van der Waals surface area contributed by atoms with Crippen molar-refractivity contribution in [2.45, 2.75) is 32.6 Å². The molecule has 2 aliphatic rings. The Kier molecular flexibility index (Phi) is 7.80. The molecule has 204 valence electrons. The number of fused-ring (bicyclic) bond motifs is 1. The van der Waals surface area contributed by atoms with Gasteiger partial charge >= 0.3 is 5.97 Å². The Morgan fingerprint density at radius 1 is 0.800 bits per heavy atom. The molecule has 0 N–H and O–H groups in total. The van der Waals surface area contributed by atoms with E-state index in [0.29, 0.717) is 23.4 Å². The molecule has 2 atom stereocenters. The molecule has 1 saturated carbocycles. The number of carbonyl (C=O) groups excluding carboxylic acids is 5. The minimum absolute atomic E-state index is 0.186. The van der Waals surface area contributed by atoms with Crippen LogP contribution in [0.5, 0.6) is 5.75 Å². The maximum atomic E-state index is 13.6. The number of carbonyl (C=O) groups is 5. The summed E-state index contributed by atoms with van der Waals surface area (Å²) < 4.78 is 5.40. The maximum absolute atomic E-state index is 13.6. The van der Waals surface area contributed by atoms with Crippen LogP contribution in [-0.4, -0.2) is 46.0 Å². The van der Waals surface area contributed by atoms with Crippen molar-refractivity contribution < 1.29 is 28.7 Å². The molecule has 8 nitrogen and oxygen atoms in total. The third-order valence-electron chi connectivity index (χ3n) is 7.35. The highest BCUT2D eigenvalue weighted by molar-refractivity contribution is 6.30. The molecule has 9 heteroatoms. The van der Waals surface area contributed by atoms with E-state index >= 15 is 0 Å². The number of halogens is 1. The van der Waals surface area contributed by atoms with Gasteiger partial charge in [-0.3, -0.25) is 19.2 Å². The van der Waals surface area contributed by atoms with E-state index in [1.165, 1.54) is 48.5 Å². The van der Waals surface area contributed by atoms with E-state index < -0.39 is 47.9 Å². The Balaban J connectivity index is 1.36. The first-order valence-corrected chi connectivity index (χ1v) is 13.5. The Morgan fingerprint density at radius 2 is 1.32 bits per heavy atom. The molecule has 40 heavy (non-hydrogen) atoms. The van der Waals surface area contributed by atoms with Crippen molar-refractivity contribution in [2.75, 3.05) is 6.54 Å². The summed E-state index contributed by atoms with van der Waals surface area (Å²) in [5, 5.41) is 2.23. The van der Waals surface area contributed by atoms with E-state index in [4.69, 9.17) is 16.3 Å². The zero-order valence-electron chi connectivity index (χ0n) is 21.8. The second kappa shape index (κ2) is 11.4. The van der Waals surface area contributed by atoms with Gasteiger partial charge in [-0.1, -0.05) is 42.1 Å². The van der Waals surface area contributed by atoms with Gasteiger partial charge < -0.3 is 4.74 Å². The fraction of sp³-hybridized carbons (Fsp3) is 0.258. The van der Waals surface area contributed by atoms with Crippen molar-refractivity contribution in [3.05, 3.63) is 100 Å². The van der Waals surface area contributed by atoms with E-state index in [-0.39, 0.29) is 16.9 Å². The lowest BCUT2D eigenvalue weighted by Gasteiger charge is -2.30. The topological polar surface area (TPSA) is 101 Å². The average Bonchev–Trinajstić information content (AvgIpc) is 3.22. The number of hydrogen-bond donors (Lipinski definition) is 0. The summed E-state index contributed by atoms with van der Waals surface area (Å²) in [6.07, 6.45) is 2.81. The first-order chi connectivity index (χ1) is 19.2. The third-order valence-corrected chi connectivity index (χ3v) is 7.60. The number of hydrazine groups is 1. The fourth-order valence-corrected chi connectivity index (χ4v) is 5.28. The molecule has 0 bridgehead atoms. The lowest BCUT2D eigenvalue weighted by atomic mass is 9.81. The van der Waals surface area contributed by atoms with Gasteiger partial charge in [0.25, 0.3) is 17.7 Å². The van der Waals surface area contributed by atoms with Crippen LogP contribution >= 0.6 is 11.6 Å². The summed E-state index contributed by atoms with van der Waals surface area (Å²) in [6, 6.07) is 18.9.